The first-order valence-electron chi connectivity index (χ1n) is 6.79. The summed E-state index contributed by atoms with van der Waals surface area (Å²) in [7, 11) is 0. The van der Waals surface area contributed by atoms with Crippen LogP contribution in [0.25, 0.3) is 33.1 Å². The molecule has 0 amide bonds. The zero-order valence-electron chi connectivity index (χ0n) is 11.4. The van der Waals surface area contributed by atoms with Crippen molar-refractivity contribution >= 4 is 27.8 Å². The lowest BCUT2D eigenvalue weighted by molar-refractivity contribution is 0.0691. The van der Waals surface area contributed by atoms with Gasteiger partial charge in [0.1, 0.15) is 5.69 Å². The van der Waals surface area contributed by atoms with E-state index in [1.54, 1.807) is 24.5 Å². The van der Waals surface area contributed by atoms with E-state index < -0.39 is 5.97 Å². The van der Waals surface area contributed by atoms with E-state index in [9.17, 15) is 9.90 Å². The molecule has 0 aliphatic heterocycles. The lowest BCUT2D eigenvalue weighted by atomic mass is 10.1. The van der Waals surface area contributed by atoms with Gasteiger partial charge in [-0.25, -0.2) is 9.78 Å². The van der Waals surface area contributed by atoms with Crippen LogP contribution in [0.4, 0.5) is 0 Å². The van der Waals surface area contributed by atoms with Crippen LogP contribution in [0.1, 0.15) is 10.5 Å². The summed E-state index contributed by atoms with van der Waals surface area (Å²) in [6.45, 7) is 0. The van der Waals surface area contributed by atoms with E-state index >= 15 is 0 Å². The summed E-state index contributed by atoms with van der Waals surface area (Å²) in [6, 6.07) is 13.1. The van der Waals surface area contributed by atoms with Crippen molar-refractivity contribution in [2.45, 2.75) is 0 Å². The fourth-order valence-corrected chi connectivity index (χ4v) is 2.67. The number of pyridine rings is 2. The molecule has 3 aromatic heterocycles. The molecule has 5 heteroatoms. The number of benzene rings is 1. The SMILES string of the molecule is O=C(O)c1cc2c([nH]c3ccccc32)c(-c2cccnc2)n1. The predicted octanol–water partition coefficient (Wildman–Crippen LogP) is 3.48. The van der Waals surface area contributed by atoms with Gasteiger partial charge in [0.15, 0.2) is 0 Å². The lowest BCUT2D eigenvalue weighted by Crippen LogP contribution is -2.01. The Hall–Kier alpha value is -3.21. The number of nitrogens with one attached hydrogen (secondary N) is 1. The number of carboxylic acids is 1. The number of aromatic amines is 1. The molecule has 4 rings (SSSR count). The number of hydrogen-bond acceptors (Lipinski definition) is 3. The summed E-state index contributed by atoms with van der Waals surface area (Å²) in [5.41, 5.74) is 3.17. The second-order valence-electron chi connectivity index (χ2n) is 5.00. The van der Waals surface area contributed by atoms with E-state index in [0.29, 0.717) is 5.69 Å². The second kappa shape index (κ2) is 4.66. The smallest absolute Gasteiger partial charge is 0.354 e. The molecule has 1 aromatic carbocycles. The minimum Gasteiger partial charge on any atom is -0.477 e. The van der Waals surface area contributed by atoms with Crippen molar-refractivity contribution in [1.82, 2.24) is 15.0 Å². The highest BCUT2D eigenvalue weighted by atomic mass is 16.4. The minimum absolute atomic E-state index is 0.0242. The van der Waals surface area contributed by atoms with E-state index in [-0.39, 0.29) is 5.69 Å². The van der Waals surface area contributed by atoms with Gasteiger partial charge in [0.05, 0.1) is 11.2 Å². The van der Waals surface area contributed by atoms with Crippen LogP contribution in [0.3, 0.4) is 0 Å². The van der Waals surface area contributed by atoms with Crippen LogP contribution in [0.5, 0.6) is 0 Å². The molecule has 0 unspecified atom stereocenters. The molecule has 0 atom stereocenters. The third-order valence-corrected chi connectivity index (χ3v) is 3.65. The number of para-hydroxylation sites is 1. The second-order valence-corrected chi connectivity index (χ2v) is 5.00. The third-order valence-electron chi connectivity index (χ3n) is 3.65. The van der Waals surface area contributed by atoms with Gasteiger partial charge in [-0.15, -0.1) is 0 Å². The highest BCUT2D eigenvalue weighted by Gasteiger charge is 2.16. The Morgan fingerprint density at radius 1 is 1.09 bits per heavy atom. The van der Waals surface area contributed by atoms with Gasteiger partial charge in [-0.3, -0.25) is 4.98 Å². The van der Waals surface area contributed by atoms with E-state index in [2.05, 4.69) is 15.0 Å². The molecule has 0 radical (unpaired) electrons. The summed E-state index contributed by atoms with van der Waals surface area (Å²) >= 11 is 0. The third kappa shape index (κ3) is 1.83. The van der Waals surface area contributed by atoms with Gasteiger partial charge in [-0.2, -0.15) is 0 Å². The van der Waals surface area contributed by atoms with Crippen molar-refractivity contribution in [2.24, 2.45) is 0 Å². The fourth-order valence-electron chi connectivity index (χ4n) is 2.67. The van der Waals surface area contributed by atoms with Crippen LogP contribution in [0, 0.1) is 0 Å². The molecule has 2 N–H and O–H groups in total. The first-order chi connectivity index (χ1) is 10.7. The molecule has 5 nitrogen and oxygen atoms in total. The Labute approximate surface area is 125 Å². The molecule has 3 heterocycles. The summed E-state index contributed by atoms with van der Waals surface area (Å²) in [5.74, 6) is -1.04. The quantitative estimate of drug-likeness (QED) is 0.592. The molecule has 106 valence electrons. The van der Waals surface area contributed by atoms with Gasteiger partial charge in [0.25, 0.3) is 0 Å². The number of aromatic nitrogens is 3. The number of rotatable bonds is 2. The van der Waals surface area contributed by atoms with Crippen molar-refractivity contribution in [3.63, 3.8) is 0 Å². The van der Waals surface area contributed by atoms with Crippen LogP contribution < -0.4 is 0 Å². The number of H-pyrrole nitrogens is 1. The Morgan fingerprint density at radius 2 is 1.95 bits per heavy atom. The average Bonchev–Trinajstić information content (AvgIpc) is 2.93. The van der Waals surface area contributed by atoms with Gasteiger partial charge >= 0.3 is 5.97 Å². The predicted molar refractivity (Wildman–Crippen MR) is 83.8 cm³/mol. The van der Waals surface area contributed by atoms with E-state index in [0.717, 1.165) is 27.4 Å². The number of aromatic carboxylic acids is 1. The molecule has 0 aliphatic rings. The number of carboxylic acid groups (broad SMARTS) is 1. The summed E-state index contributed by atoms with van der Waals surface area (Å²) in [5, 5.41) is 11.2. The number of carbonyl (C=O) groups is 1. The summed E-state index contributed by atoms with van der Waals surface area (Å²) in [4.78, 5) is 23.1. The normalized spacial score (nSPS) is 11.1. The van der Waals surface area contributed by atoms with Crippen LogP contribution in [-0.2, 0) is 0 Å². The van der Waals surface area contributed by atoms with Crippen molar-refractivity contribution in [3.8, 4) is 11.3 Å². The molecule has 0 saturated carbocycles. The highest BCUT2D eigenvalue weighted by molar-refractivity contribution is 6.12. The Morgan fingerprint density at radius 3 is 2.73 bits per heavy atom. The van der Waals surface area contributed by atoms with Crippen LogP contribution in [0.15, 0.2) is 54.9 Å². The maximum atomic E-state index is 11.4. The minimum atomic E-state index is -1.04. The number of nitrogens with zero attached hydrogens (tertiary/aromatic N) is 2. The molecule has 0 aliphatic carbocycles. The maximum absolute atomic E-state index is 11.4. The topological polar surface area (TPSA) is 78.9 Å². The molecule has 22 heavy (non-hydrogen) atoms. The van der Waals surface area contributed by atoms with Crippen LogP contribution >= 0.6 is 0 Å². The van der Waals surface area contributed by atoms with Crippen molar-refractivity contribution in [3.05, 3.63) is 60.6 Å². The van der Waals surface area contributed by atoms with E-state index in [1.807, 2.05) is 30.3 Å². The zero-order chi connectivity index (χ0) is 15.1. The van der Waals surface area contributed by atoms with Gasteiger partial charge in [0, 0.05) is 34.2 Å². The van der Waals surface area contributed by atoms with Gasteiger partial charge < -0.3 is 10.1 Å². The molecule has 0 saturated heterocycles. The Bertz CT molecular complexity index is 1010. The first kappa shape index (κ1) is 12.5. The molecular weight excluding hydrogens is 278 g/mol. The molecule has 0 spiro atoms. The summed E-state index contributed by atoms with van der Waals surface area (Å²) < 4.78 is 0. The Kier molecular flexibility index (Phi) is 2.66. The van der Waals surface area contributed by atoms with Crippen molar-refractivity contribution in [1.29, 1.82) is 0 Å². The number of hydrogen-bond donors (Lipinski definition) is 2. The van der Waals surface area contributed by atoms with E-state index in [4.69, 9.17) is 0 Å². The number of fused-ring (bicyclic) bond motifs is 3. The van der Waals surface area contributed by atoms with Gasteiger partial charge in [0.2, 0.25) is 0 Å². The van der Waals surface area contributed by atoms with Crippen LogP contribution in [-0.4, -0.2) is 26.0 Å². The zero-order valence-corrected chi connectivity index (χ0v) is 11.4. The lowest BCUT2D eigenvalue weighted by Gasteiger charge is -2.04. The molecule has 0 bridgehead atoms. The molecule has 0 fully saturated rings. The standard InChI is InChI=1S/C17H11N3O2/c21-17(22)14-8-12-11-5-1-2-6-13(11)19-16(12)15(20-14)10-4-3-7-18-9-10/h1-9,19H,(H,21,22). The molecular formula is C17H11N3O2. The monoisotopic (exact) mass is 289 g/mol. The molecule has 4 aromatic rings. The Balaban J connectivity index is 2.16. The highest BCUT2D eigenvalue weighted by Crippen LogP contribution is 2.32. The maximum Gasteiger partial charge on any atom is 0.354 e. The van der Waals surface area contributed by atoms with Gasteiger partial charge in [-0.1, -0.05) is 18.2 Å². The first-order valence-corrected chi connectivity index (χ1v) is 6.79. The fraction of sp³-hybridized carbons (Fsp3) is 0. The summed E-state index contributed by atoms with van der Waals surface area (Å²) in [6.07, 6.45) is 3.35. The van der Waals surface area contributed by atoms with E-state index in [1.165, 1.54) is 0 Å². The largest absolute Gasteiger partial charge is 0.477 e. The van der Waals surface area contributed by atoms with Gasteiger partial charge in [-0.05, 0) is 24.3 Å². The van der Waals surface area contributed by atoms with Crippen molar-refractivity contribution in [2.75, 3.05) is 0 Å². The average molecular weight is 289 g/mol. The van der Waals surface area contributed by atoms with Crippen LogP contribution in [0.2, 0.25) is 0 Å². The van der Waals surface area contributed by atoms with Crippen molar-refractivity contribution < 1.29 is 9.90 Å².